The molecule has 0 bridgehead atoms. The van der Waals surface area contributed by atoms with Crippen molar-refractivity contribution in [1.29, 1.82) is 0 Å². The molecule has 4 rings (SSSR count). The highest BCUT2D eigenvalue weighted by Gasteiger charge is 2.48. The molecule has 3 N–H and O–H groups in total. The average Bonchev–Trinajstić information content (AvgIpc) is 3.66. The SMILES string of the molecule is CC1CC1N(C(=O)C(Cc1ccc(O)cc1)NC(=O)OC(C)(C)C)C(C(=O)NCc1ccccc1)c1ccccc1. The number of ether oxygens (including phenoxy) is 1. The Morgan fingerprint density at radius 1 is 0.927 bits per heavy atom. The van der Waals surface area contributed by atoms with Crippen molar-refractivity contribution in [2.24, 2.45) is 5.92 Å². The normalized spacial score (nSPS) is 17.6. The Labute approximate surface area is 241 Å². The fourth-order valence-electron chi connectivity index (χ4n) is 4.83. The molecule has 1 aliphatic rings. The van der Waals surface area contributed by atoms with Gasteiger partial charge in [0.15, 0.2) is 0 Å². The van der Waals surface area contributed by atoms with E-state index in [0.717, 1.165) is 17.5 Å². The Kier molecular flexibility index (Phi) is 9.32. The first-order valence-corrected chi connectivity index (χ1v) is 14.0. The summed E-state index contributed by atoms with van der Waals surface area (Å²) in [6.45, 7) is 7.63. The molecule has 0 spiro atoms. The molecule has 1 saturated carbocycles. The molecule has 3 aromatic rings. The summed E-state index contributed by atoms with van der Waals surface area (Å²) in [5.74, 6) is -0.373. The number of amides is 3. The van der Waals surface area contributed by atoms with Gasteiger partial charge in [0.1, 0.15) is 23.4 Å². The number of phenolic OH excluding ortho intramolecular Hbond substituents is 1. The predicted molar refractivity (Wildman–Crippen MR) is 157 cm³/mol. The van der Waals surface area contributed by atoms with Gasteiger partial charge in [-0.1, -0.05) is 79.7 Å². The third kappa shape index (κ3) is 8.33. The minimum atomic E-state index is -1.00. The zero-order valence-corrected chi connectivity index (χ0v) is 24.0. The van der Waals surface area contributed by atoms with E-state index in [1.807, 2.05) is 67.6 Å². The second-order valence-electron chi connectivity index (χ2n) is 11.6. The second-order valence-corrected chi connectivity index (χ2v) is 11.6. The van der Waals surface area contributed by atoms with E-state index < -0.39 is 23.8 Å². The maximum atomic E-state index is 14.5. The van der Waals surface area contributed by atoms with E-state index in [1.54, 1.807) is 37.8 Å². The molecule has 1 fully saturated rings. The Balaban J connectivity index is 1.68. The van der Waals surface area contributed by atoms with Gasteiger partial charge in [0.05, 0.1) is 0 Å². The summed E-state index contributed by atoms with van der Waals surface area (Å²) < 4.78 is 5.49. The maximum absolute atomic E-state index is 14.5. The topological polar surface area (TPSA) is 108 Å². The molecule has 4 atom stereocenters. The largest absolute Gasteiger partial charge is 0.508 e. The number of carbonyl (C=O) groups excluding carboxylic acids is 3. The molecule has 8 heteroatoms. The lowest BCUT2D eigenvalue weighted by Gasteiger charge is -2.35. The van der Waals surface area contributed by atoms with Crippen molar-refractivity contribution < 1.29 is 24.2 Å². The molecule has 0 radical (unpaired) electrons. The first kappa shape index (κ1) is 29.6. The summed E-state index contributed by atoms with van der Waals surface area (Å²) >= 11 is 0. The zero-order chi connectivity index (χ0) is 29.6. The van der Waals surface area contributed by atoms with Crippen molar-refractivity contribution in [2.75, 3.05) is 0 Å². The summed E-state index contributed by atoms with van der Waals surface area (Å²) in [7, 11) is 0. The number of alkyl carbamates (subject to hydrolysis) is 1. The zero-order valence-electron chi connectivity index (χ0n) is 24.0. The van der Waals surface area contributed by atoms with E-state index in [0.29, 0.717) is 12.1 Å². The Morgan fingerprint density at radius 3 is 2.07 bits per heavy atom. The summed E-state index contributed by atoms with van der Waals surface area (Å²) in [5, 5.41) is 15.6. The minimum absolute atomic E-state index is 0.101. The quantitative estimate of drug-likeness (QED) is 0.321. The fraction of sp³-hybridized carbons (Fsp3) is 0.364. The van der Waals surface area contributed by atoms with Crippen LogP contribution in [-0.4, -0.2) is 45.6 Å². The maximum Gasteiger partial charge on any atom is 0.408 e. The number of carbonyl (C=O) groups is 3. The van der Waals surface area contributed by atoms with Gasteiger partial charge in [-0.2, -0.15) is 0 Å². The molecule has 0 heterocycles. The summed E-state index contributed by atoms with van der Waals surface area (Å²) in [6.07, 6.45) is 0.186. The van der Waals surface area contributed by atoms with Crippen LogP contribution < -0.4 is 10.6 Å². The van der Waals surface area contributed by atoms with Crippen molar-refractivity contribution in [3.05, 3.63) is 102 Å². The highest BCUT2D eigenvalue weighted by atomic mass is 16.6. The van der Waals surface area contributed by atoms with Crippen LogP contribution in [0.3, 0.4) is 0 Å². The van der Waals surface area contributed by atoms with Crippen LogP contribution in [0.25, 0.3) is 0 Å². The number of nitrogens with zero attached hydrogens (tertiary/aromatic N) is 1. The number of benzene rings is 3. The van der Waals surface area contributed by atoms with Crippen LogP contribution >= 0.6 is 0 Å². The fourth-order valence-corrected chi connectivity index (χ4v) is 4.83. The number of aromatic hydroxyl groups is 1. The summed E-state index contributed by atoms with van der Waals surface area (Å²) in [4.78, 5) is 42.9. The lowest BCUT2D eigenvalue weighted by Crippen LogP contribution is -2.54. The van der Waals surface area contributed by atoms with Gasteiger partial charge in [0.25, 0.3) is 0 Å². The first-order chi connectivity index (χ1) is 19.5. The van der Waals surface area contributed by atoms with Gasteiger partial charge in [-0.15, -0.1) is 0 Å². The van der Waals surface area contributed by atoms with E-state index in [9.17, 15) is 19.5 Å². The van der Waals surface area contributed by atoms with Gasteiger partial charge >= 0.3 is 6.09 Å². The predicted octanol–water partition coefficient (Wildman–Crippen LogP) is 5.12. The summed E-state index contributed by atoms with van der Waals surface area (Å²) in [6, 6.07) is 23.3. The number of rotatable bonds is 10. The molecule has 0 aliphatic heterocycles. The summed E-state index contributed by atoms with van der Waals surface area (Å²) in [5.41, 5.74) is 1.62. The average molecular weight is 558 g/mol. The lowest BCUT2D eigenvalue weighted by molar-refractivity contribution is -0.143. The molecule has 0 saturated heterocycles. The highest BCUT2D eigenvalue weighted by molar-refractivity contribution is 5.92. The number of hydrogen-bond donors (Lipinski definition) is 3. The van der Waals surface area contributed by atoms with Crippen molar-refractivity contribution in [3.8, 4) is 5.75 Å². The van der Waals surface area contributed by atoms with Gasteiger partial charge in [-0.05, 0) is 61.9 Å². The molecule has 8 nitrogen and oxygen atoms in total. The number of hydrogen-bond acceptors (Lipinski definition) is 5. The molecule has 3 aromatic carbocycles. The highest BCUT2D eigenvalue weighted by Crippen LogP contribution is 2.41. The second kappa shape index (κ2) is 12.9. The van der Waals surface area contributed by atoms with Gasteiger partial charge in [-0.25, -0.2) is 4.79 Å². The van der Waals surface area contributed by atoms with E-state index in [4.69, 9.17) is 4.74 Å². The molecule has 4 unspecified atom stereocenters. The van der Waals surface area contributed by atoms with Crippen LogP contribution in [-0.2, 0) is 27.3 Å². The molecule has 41 heavy (non-hydrogen) atoms. The van der Waals surface area contributed by atoms with Crippen LogP contribution in [0.4, 0.5) is 4.79 Å². The van der Waals surface area contributed by atoms with Crippen LogP contribution in [0.15, 0.2) is 84.9 Å². The molecule has 216 valence electrons. The Bertz CT molecular complexity index is 1320. The standard InChI is InChI=1S/C33H39N3O5/c1-22-19-28(22)36(29(25-13-9-6-10-14-25)30(38)34-21-24-11-7-5-8-12-24)31(39)27(35-32(40)41-33(2,3)4)20-23-15-17-26(37)18-16-23/h5-18,22,27-29,37H,19-21H2,1-4H3,(H,34,38)(H,35,40). The molecule has 3 amide bonds. The van der Waals surface area contributed by atoms with E-state index >= 15 is 0 Å². The van der Waals surface area contributed by atoms with Crippen LogP contribution in [0.1, 0.15) is 56.8 Å². The lowest BCUT2D eigenvalue weighted by atomic mass is 9.99. The van der Waals surface area contributed by atoms with E-state index in [2.05, 4.69) is 10.6 Å². The Hall–Kier alpha value is -4.33. The van der Waals surface area contributed by atoms with Crippen LogP contribution in [0.2, 0.25) is 0 Å². The minimum Gasteiger partial charge on any atom is -0.508 e. The third-order valence-electron chi connectivity index (χ3n) is 7.00. The molecule has 0 aromatic heterocycles. The third-order valence-corrected chi connectivity index (χ3v) is 7.00. The smallest absolute Gasteiger partial charge is 0.408 e. The molecular formula is C33H39N3O5. The van der Waals surface area contributed by atoms with Gasteiger partial charge in [-0.3, -0.25) is 9.59 Å². The van der Waals surface area contributed by atoms with E-state index in [-0.39, 0.29) is 35.9 Å². The van der Waals surface area contributed by atoms with Gasteiger partial charge < -0.3 is 25.4 Å². The number of phenols is 1. The molecular weight excluding hydrogens is 518 g/mol. The monoisotopic (exact) mass is 557 g/mol. The van der Waals surface area contributed by atoms with Crippen molar-refractivity contribution in [2.45, 2.75) is 70.8 Å². The number of nitrogens with one attached hydrogen (secondary N) is 2. The van der Waals surface area contributed by atoms with Crippen LogP contribution in [0, 0.1) is 5.92 Å². The van der Waals surface area contributed by atoms with E-state index in [1.165, 1.54) is 12.1 Å². The Morgan fingerprint density at radius 2 is 1.51 bits per heavy atom. The van der Waals surface area contributed by atoms with Crippen molar-refractivity contribution in [3.63, 3.8) is 0 Å². The van der Waals surface area contributed by atoms with Crippen molar-refractivity contribution >= 4 is 17.9 Å². The van der Waals surface area contributed by atoms with Gasteiger partial charge in [0.2, 0.25) is 11.8 Å². The first-order valence-electron chi connectivity index (χ1n) is 14.0. The van der Waals surface area contributed by atoms with Crippen molar-refractivity contribution in [1.82, 2.24) is 15.5 Å². The van der Waals surface area contributed by atoms with Crippen LogP contribution in [0.5, 0.6) is 5.75 Å². The van der Waals surface area contributed by atoms with Gasteiger partial charge in [0, 0.05) is 19.0 Å². The molecule has 1 aliphatic carbocycles.